The van der Waals surface area contributed by atoms with Crippen molar-refractivity contribution >= 4 is 17.6 Å². The van der Waals surface area contributed by atoms with E-state index in [0.29, 0.717) is 23.4 Å². The molecule has 2 rings (SSSR count). The molecule has 0 aliphatic heterocycles. The highest BCUT2D eigenvalue weighted by Crippen LogP contribution is 2.14. The first-order valence-electron chi connectivity index (χ1n) is 7.90. The molecule has 0 saturated heterocycles. The molecule has 0 radical (unpaired) electrons. The van der Waals surface area contributed by atoms with E-state index in [9.17, 15) is 14.9 Å². The number of hydrogen-bond donors (Lipinski definition) is 2. The molecule has 1 amide bonds. The average Bonchev–Trinajstić information content (AvgIpc) is 2.71. The van der Waals surface area contributed by atoms with Gasteiger partial charge in [-0.2, -0.15) is 10.5 Å². The van der Waals surface area contributed by atoms with Crippen molar-refractivity contribution in [3.05, 3.63) is 77.0 Å². The van der Waals surface area contributed by atoms with E-state index in [0.717, 1.165) is 5.56 Å². The minimum absolute atomic E-state index is 0.131. The zero-order chi connectivity index (χ0) is 19.6. The molecule has 0 heterocycles. The number of para-hydroxylation sites is 1. The molecule has 0 fully saturated rings. The lowest BCUT2D eigenvalue weighted by molar-refractivity contribution is -0.112. The van der Waals surface area contributed by atoms with Gasteiger partial charge in [0.05, 0.1) is 23.9 Å². The highest BCUT2D eigenvalue weighted by molar-refractivity contribution is 6.07. The van der Waals surface area contributed by atoms with E-state index < -0.39 is 11.9 Å². The predicted molar refractivity (Wildman–Crippen MR) is 98.1 cm³/mol. The van der Waals surface area contributed by atoms with Crippen LogP contribution in [0.25, 0.3) is 0 Å². The number of amides is 1. The molecule has 7 heteroatoms. The number of nitrogens with zero attached hydrogens (tertiary/aromatic N) is 2. The monoisotopic (exact) mass is 360 g/mol. The summed E-state index contributed by atoms with van der Waals surface area (Å²) in [5, 5.41) is 23.7. The van der Waals surface area contributed by atoms with Gasteiger partial charge in [-0.3, -0.25) is 4.79 Å². The Morgan fingerprint density at radius 2 is 1.81 bits per heavy atom. The molecule has 0 aromatic heterocycles. The lowest BCUT2D eigenvalue weighted by Crippen LogP contribution is -2.17. The number of hydrogen-bond acceptors (Lipinski definition) is 6. The standard InChI is InChI=1S/C20H16N4O3/c1-27-20(26)15-8-6-14(7-9-15)12-23-13-17(11-22)19(25)24-18-5-3-2-4-16(18)10-21/h2-9,13,23H,12H2,1H3,(H,24,25)/b17-13-. The summed E-state index contributed by atoms with van der Waals surface area (Å²) < 4.78 is 4.63. The van der Waals surface area contributed by atoms with Crippen molar-refractivity contribution < 1.29 is 14.3 Å². The third-order valence-corrected chi connectivity index (χ3v) is 3.59. The van der Waals surface area contributed by atoms with Crippen LogP contribution in [0.1, 0.15) is 21.5 Å². The molecule has 0 saturated carbocycles. The van der Waals surface area contributed by atoms with Crippen LogP contribution in [0.3, 0.4) is 0 Å². The van der Waals surface area contributed by atoms with E-state index in [-0.39, 0.29) is 5.57 Å². The van der Waals surface area contributed by atoms with E-state index in [1.165, 1.54) is 13.3 Å². The smallest absolute Gasteiger partial charge is 0.337 e. The van der Waals surface area contributed by atoms with Crippen LogP contribution in [0.4, 0.5) is 5.69 Å². The van der Waals surface area contributed by atoms with E-state index in [4.69, 9.17) is 5.26 Å². The lowest BCUT2D eigenvalue weighted by Gasteiger charge is -2.07. The van der Waals surface area contributed by atoms with Crippen LogP contribution in [0, 0.1) is 22.7 Å². The maximum atomic E-state index is 12.2. The highest BCUT2D eigenvalue weighted by atomic mass is 16.5. The summed E-state index contributed by atoms with van der Waals surface area (Å²) in [4.78, 5) is 23.6. The summed E-state index contributed by atoms with van der Waals surface area (Å²) in [5.74, 6) is -1.04. The van der Waals surface area contributed by atoms with Gasteiger partial charge >= 0.3 is 5.97 Å². The summed E-state index contributed by atoms with van der Waals surface area (Å²) in [6, 6.07) is 17.0. The number of benzene rings is 2. The van der Waals surface area contributed by atoms with Crippen LogP contribution < -0.4 is 10.6 Å². The van der Waals surface area contributed by atoms with Gasteiger partial charge in [-0.15, -0.1) is 0 Å². The number of rotatable bonds is 6. The SMILES string of the molecule is COC(=O)c1ccc(CN/C=C(/C#N)C(=O)Nc2ccccc2C#N)cc1. The van der Waals surface area contributed by atoms with Crippen molar-refractivity contribution in [2.75, 3.05) is 12.4 Å². The quantitative estimate of drug-likeness (QED) is 0.464. The molecule has 27 heavy (non-hydrogen) atoms. The lowest BCUT2D eigenvalue weighted by atomic mass is 10.1. The minimum atomic E-state index is -0.617. The van der Waals surface area contributed by atoms with Gasteiger partial charge < -0.3 is 15.4 Å². The number of esters is 1. The van der Waals surface area contributed by atoms with Gasteiger partial charge in [0.2, 0.25) is 0 Å². The largest absolute Gasteiger partial charge is 0.465 e. The van der Waals surface area contributed by atoms with Crippen LogP contribution in [0.15, 0.2) is 60.3 Å². The Hall–Kier alpha value is -4.10. The molecule has 134 valence electrons. The summed E-state index contributed by atoms with van der Waals surface area (Å²) in [5.41, 5.74) is 1.80. The van der Waals surface area contributed by atoms with Gasteiger partial charge in [0.1, 0.15) is 17.7 Å². The van der Waals surface area contributed by atoms with Crippen LogP contribution in [0.2, 0.25) is 0 Å². The number of nitrogens with one attached hydrogen (secondary N) is 2. The van der Waals surface area contributed by atoms with Gasteiger partial charge in [0.15, 0.2) is 0 Å². The number of carbonyl (C=O) groups excluding carboxylic acids is 2. The second-order valence-corrected chi connectivity index (χ2v) is 5.35. The molecule has 0 unspecified atom stereocenters. The second-order valence-electron chi connectivity index (χ2n) is 5.35. The predicted octanol–water partition coefficient (Wildman–Crippen LogP) is 2.48. The molecular weight excluding hydrogens is 344 g/mol. The Labute approximate surface area is 156 Å². The number of anilines is 1. The van der Waals surface area contributed by atoms with E-state index in [1.807, 2.05) is 12.1 Å². The Bertz CT molecular complexity index is 950. The zero-order valence-corrected chi connectivity index (χ0v) is 14.5. The van der Waals surface area contributed by atoms with E-state index in [1.54, 1.807) is 48.5 Å². The number of nitriles is 2. The van der Waals surface area contributed by atoms with Gasteiger partial charge in [-0.05, 0) is 29.8 Å². The van der Waals surface area contributed by atoms with Crippen LogP contribution >= 0.6 is 0 Å². The van der Waals surface area contributed by atoms with E-state index >= 15 is 0 Å². The fourth-order valence-corrected chi connectivity index (χ4v) is 2.18. The molecule has 0 atom stereocenters. The third-order valence-electron chi connectivity index (χ3n) is 3.59. The molecule has 2 N–H and O–H groups in total. The second kappa shape index (κ2) is 9.40. The molecule has 0 aliphatic rings. The minimum Gasteiger partial charge on any atom is -0.465 e. The fourth-order valence-electron chi connectivity index (χ4n) is 2.18. The van der Waals surface area contributed by atoms with Gasteiger partial charge in [-0.1, -0.05) is 24.3 Å². The highest BCUT2D eigenvalue weighted by Gasteiger charge is 2.11. The number of carbonyl (C=O) groups is 2. The summed E-state index contributed by atoms with van der Waals surface area (Å²) in [7, 11) is 1.31. The Morgan fingerprint density at radius 3 is 2.44 bits per heavy atom. The fraction of sp³-hybridized carbons (Fsp3) is 0.100. The normalized spacial score (nSPS) is 10.3. The maximum Gasteiger partial charge on any atom is 0.337 e. The van der Waals surface area contributed by atoms with Gasteiger partial charge in [0.25, 0.3) is 5.91 Å². The van der Waals surface area contributed by atoms with Crippen LogP contribution in [-0.4, -0.2) is 19.0 Å². The summed E-state index contributed by atoms with van der Waals surface area (Å²) >= 11 is 0. The van der Waals surface area contributed by atoms with E-state index in [2.05, 4.69) is 15.4 Å². The van der Waals surface area contributed by atoms with Crippen molar-refractivity contribution in [1.82, 2.24) is 5.32 Å². The molecule has 0 spiro atoms. The van der Waals surface area contributed by atoms with Crippen LogP contribution in [-0.2, 0) is 16.1 Å². The number of ether oxygens (including phenoxy) is 1. The van der Waals surface area contributed by atoms with Crippen molar-refractivity contribution in [2.24, 2.45) is 0 Å². The summed E-state index contributed by atoms with van der Waals surface area (Å²) in [6.07, 6.45) is 1.30. The molecule has 2 aromatic carbocycles. The Balaban J connectivity index is 2.00. The first-order chi connectivity index (χ1) is 13.1. The van der Waals surface area contributed by atoms with Gasteiger partial charge in [0, 0.05) is 12.7 Å². The number of methoxy groups -OCH3 is 1. The Kier molecular flexibility index (Phi) is 6.69. The zero-order valence-electron chi connectivity index (χ0n) is 14.5. The molecule has 0 aliphatic carbocycles. The first-order valence-corrected chi connectivity index (χ1v) is 7.90. The van der Waals surface area contributed by atoms with Crippen molar-refractivity contribution in [3.63, 3.8) is 0 Å². The molecular formula is C20H16N4O3. The Morgan fingerprint density at radius 1 is 1.11 bits per heavy atom. The van der Waals surface area contributed by atoms with Crippen molar-refractivity contribution in [3.8, 4) is 12.1 Å². The van der Waals surface area contributed by atoms with Crippen LogP contribution in [0.5, 0.6) is 0 Å². The van der Waals surface area contributed by atoms with Crippen molar-refractivity contribution in [1.29, 1.82) is 10.5 Å². The first kappa shape index (κ1) is 19.2. The maximum absolute atomic E-state index is 12.2. The van der Waals surface area contributed by atoms with Crippen molar-refractivity contribution in [2.45, 2.75) is 6.54 Å². The molecule has 7 nitrogen and oxygen atoms in total. The van der Waals surface area contributed by atoms with Gasteiger partial charge in [-0.25, -0.2) is 4.79 Å². The molecule has 0 bridgehead atoms. The third kappa shape index (κ3) is 5.18. The average molecular weight is 360 g/mol. The summed E-state index contributed by atoms with van der Waals surface area (Å²) in [6.45, 7) is 0.356. The molecule has 2 aromatic rings. The topological polar surface area (TPSA) is 115 Å².